The molecule has 0 saturated heterocycles. The predicted octanol–water partition coefficient (Wildman–Crippen LogP) is 2.55. The summed E-state index contributed by atoms with van der Waals surface area (Å²) in [4.78, 5) is 18.4. The third kappa shape index (κ3) is 3.46. The second-order valence-electron chi connectivity index (χ2n) is 4.97. The standard InChI is InChI=1S/C14H20N4OS/c1-4-9(2)18(3)8-13(19)17-14-16-11-6-5-10(15)7-12(11)20-14/h5-7,9H,4,8,15H2,1-3H3,(H,16,17,19). The lowest BCUT2D eigenvalue weighted by Gasteiger charge is -2.22. The van der Waals surface area contributed by atoms with Gasteiger partial charge < -0.3 is 11.1 Å². The van der Waals surface area contributed by atoms with Crippen molar-refractivity contribution >= 4 is 38.3 Å². The minimum Gasteiger partial charge on any atom is -0.399 e. The quantitative estimate of drug-likeness (QED) is 0.831. The van der Waals surface area contributed by atoms with Crippen molar-refractivity contribution in [1.29, 1.82) is 0 Å². The molecule has 0 bridgehead atoms. The molecule has 20 heavy (non-hydrogen) atoms. The molecule has 1 aromatic heterocycles. The number of likely N-dealkylation sites (N-methyl/N-ethyl adjacent to an activating group) is 1. The number of aromatic nitrogens is 1. The number of benzene rings is 1. The monoisotopic (exact) mass is 292 g/mol. The van der Waals surface area contributed by atoms with Gasteiger partial charge in [0.05, 0.1) is 16.8 Å². The van der Waals surface area contributed by atoms with E-state index in [1.807, 2.05) is 30.1 Å². The van der Waals surface area contributed by atoms with Crippen molar-refractivity contribution in [3.8, 4) is 0 Å². The summed E-state index contributed by atoms with van der Waals surface area (Å²) in [5.41, 5.74) is 7.29. The fourth-order valence-corrected chi connectivity index (χ4v) is 2.78. The lowest BCUT2D eigenvalue weighted by Crippen LogP contribution is -2.36. The molecule has 1 heterocycles. The van der Waals surface area contributed by atoms with Crippen LogP contribution in [0.2, 0.25) is 0 Å². The van der Waals surface area contributed by atoms with E-state index in [1.165, 1.54) is 11.3 Å². The smallest absolute Gasteiger partial charge is 0.240 e. The van der Waals surface area contributed by atoms with Crippen LogP contribution in [0.4, 0.5) is 10.8 Å². The van der Waals surface area contributed by atoms with E-state index in [9.17, 15) is 4.79 Å². The molecule has 2 rings (SSSR count). The van der Waals surface area contributed by atoms with Gasteiger partial charge in [0.15, 0.2) is 5.13 Å². The van der Waals surface area contributed by atoms with Crippen LogP contribution in [-0.4, -0.2) is 35.4 Å². The van der Waals surface area contributed by atoms with Gasteiger partial charge in [0.25, 0.3) is 0 Å². The van der Waals surface area contributed by atoms with E-state index in [4.69, 9.17) is 5.73 Å². The molecule has 0 aliphatic heterocycles. The van der Waals surface area contributed by atoms with Crippen LogP contribution in [-0.2, 0) is 4.79 Å². The van der Waals surface area contributed by atoms with Gasteiger partial charge in [-0.1, -0.05) is 18.3 Å². The second-order valence-corrected chi connectivity index (χ2v) is 6.00. The van der Waals surface area contributed by atoms with Gasteiger partial charge in [0.2, 0.25) is 5.91 Å². The zero-order valence-corrected chi connectivity index (χ0v) is 12.8. The van der Waals surface area contributed by atoms with Gasteiger partial charge in [0.1, 0.15) is 0 Å². The molecule has 1 unspecified atom stereocenters. The lowest BCUT2D eigenvalue weighted by molar-refractivity contribution is -0.117. The molecule has 0 radical (unpaired) electrons. The molecule has 108 valence electrons. The average Bonchev–Trinajstić information content (AvgIpc) is 2.78. The highest BCUT2D eigenvalue weighted by atomic mass is 32.1. The first-order valence-electron chi connectivity index (χ1n) is 6.65. The number of nitrogens with one attached hydrogen (secondary N) is 1. The number of fused-ring (bicyclic) bond motifs is 1. The van der Waals surface area contributed by atoms with E-state index < -0.39 is 0 Å². The Balaban J connectivity index is 2.02. The van der Waals surface area contributed by atoms with Crippen molar-refractivity contribution in [1.82, 2.24) is 9.88 Å². The molecule has 0 saturated carbocycles. The maximum absolute atomic E-state index is 12.0. The topological polar surface area (TPSA) is 71.2 Å². The highest BCUT2D eigenvalue weighted by Crippen LogP contribution is 2.27. The summed E-state index contributed by atoms with van der Waals surface area (Å²) in [6, 6.07) is 5.93. The summed E-state index contributed by atoms with van der Waals surface area (Å²) in [6.45, 7) is 4.58. The largest absolute Gasteiger partial charge is 0.399 e. The van der Waals surface area contributed by atoms with Crippen molar-refractivity contribution in [2.24, 2.45) is 0 Å². The Morgan fingerprint density at radius 3 is 3.00 bits per heavy atom. The number of amides is 1. The van der Waals surface area contributed by atoms with E-state index in [-0.39, 0.29) is 5.91 Å². The van der Waals surface area contributed by atoms with Crippen molar-refractivity contribution in [2.45, 2.75) is 26.3 Å². The molecular weight excluding hydrogens is 272 g/mol. The normalized spacial score (nSPS) is 12.8. The molecule has 0 spiro atoms. The van der Waals surface area contributed by atoms with Gasteiger partial charge in [0, 0.05) is 11.7 Å². The fourth-order valence-electron chi connectivity index (χ4n) is 1.85. The van der Waals surface area contributed by atoms with Crippen LogP contribution in [0, 0.1) is 0 Å². The van der Waals surface area contributed by atoms with Crippen LogP contribution >= 0.6 is 11.3 Å². The number of hydrogen-bond donors (Lipinski definition) is 2. The number of nitrogen functional groups attached to an aromatic ring is 1. The summed E-state index contributed by atoms with van der Waals surface area (Å²) >= 11 is 1.44. The summed E-state index contributed by atoms with van der Waals surface area (Å²) in [5, 5.41) is 3.47. The maximum Gasteiger partial charge on any atom is 0.240 e. The SMILES string of the molecule is CCC(C)N(C)CC(=O)Nc1nc2ccc(N)cc2s1. The summed E-state index contributed by atoms with van der Waals surface area (Å²) in [7, 11) is 1.95. The Morgan fingerprint density at radius 1 is 1.55 bits per heavy atom. The number of carbonyl (C=O) groups is 1. The zero-order valence-electron chi connectivity index (χ0n) is 12.0. The van der Waals surface area contributed by atoms with Crippen LogP contribution in [0.15, 0.2) is 18.2 Å². The van der Waals surface area contributed by atoms with Crippen LogP contribution in [0.1, 0.15) is 20.3 Å². The molecule has 0 aliphatic carbocycles. The third-order valence-corrected chi connectivity index (χ3v) is 4.33. The molecule has 0 aliphatic rings. The number of nitrogens with zero attached hydrogens (tertiary/aromatic N) is 2. The number of carbonyl (C=O) groups excluding carboxylic acids is 1. The molecule has 3 N–H and O–H groups in total. The van der Waals surface area contributed by atoms with Gasteiger partial charge >= 0.3 is 0 Å². The van der Waals surface area contributed by atoms with E-state index >= 15 is 0 Å². The Kier molecular flexibility index (Phi) is 4.57. The second kappa shape index (κ2) is 6.19. The van der Waals surface area contributed by atoms with Crippen LogP contribution in [0.3, 0.4) is 0 Å². The van der Waals surface area contributed by atoms with Gasteiger partial charge in [-0.15, -0.1) is 0 Å². The Bertz CT molecular complexity index is 610. The number of nitrogens with two attached hydrogens (primary N) is 1. The number of rotatable bonds is 5. The number of thiazole rings is 1. The first-order valence-corrected chi connectivity index (χ1v) is 7.47. The number of hydrogen-bond acceptors (Lipinski definition) is 5. The van der Waals surface area contributed by atoms with Crippen molar-refractivity contribution in [2.75, 3.05) is 24.6 Å². The maximum atomic E-state index is 12.0. The molecule has 1 atom stereocenters. The van der Waals surface area contributed by atoms with E-state index in [2.05, 4.69) is 24.1 Å². The average molecular weight is 292 g/mol. The van der Waals surface area contributed by atoms with Crippen molar-refractivity contribution < 1.29 is 4.79 Å². The van der Waals surface area contributed by atoms with Gasteiger partial charge in [-0.05, 0) is 38.6 Å². The Labute approximate surface area is 122 Å². The van der Waals surface area contributed by atoms with E-state index in [1.54, 1.807) is 0 Å². The summed E-state index contributed by atoms with van der Waals surface area (Å²) in [6.07, 6.45) is 1.02. The Morgan fingerprint density at radius 2 is 2.30 bits per heavy atom. The molecule has 5 nitrogen and oxygen atoms in total. The van der Waals surface area contributed by atoms with Crippen LogP contribution in [0.25, 0.3) is 10.2 Å². The lowest BCUT2D eigenvalue weighted by atomic mass is 10.2. The predicted molar refractivity (Wildman–Crippen MR) is 85.0 cm³/mol. The first kappa shape index (κ1) is 14.7. The van der Waals surface area contributed by atoms with Crippen molar-refractivity contribution in [3.05, 3.63) is 18.2 Å². The Hall–Kier alpha value is -1.66. The molecule has 6 heteroatoms. The van der Waals surface area contributed by atoms with Crippen molar-refractivity contribution in [3.63, 3.8) is 0 Å². The van der Waals surface area contributed by atoms with Gasteiger partial charge in [-0.3, -0.25) is 9.69 Å². The molecule has 2 aromatic rings. The minimum atomic E-state index is -0.0418. The highest BCUT2D eigenvalue weighted by molar-refractivity contribution is 7.22. The zero-order chi connectivity index (χ0) is 14.7. The van der Waals surface area contributed by atoms with E-state index in [0.29, 0.717) is 23.4 Å². The van der Waals surface area contributed by atoms with E-state index in [0.717, 1.165) is 16.6 Å². The summed E-state index contributed by atoms with van der Waals surface area (Å²) in [5.74, 6) is -0.0418. The molecule has 1 aromatic carbocycles. The van der Waals surface area contributed by atoms with Gasteiger partial charge in [-0.25, -0.2) is 4.98 Å². The summed E-state index contributed by atoms with van der Waals surface area (Å²) < 4.78 is 0.982. The molecule has 0 fully saturated rings. The number of anilines is 2. The molecule has 1 amide bonds. The third-order valence-electron chi connectivity index (χ3n) is 3.40. The van der Waals surface area contributed by atoms with Crippen LogP contribution < -0.4 is 11.1 Å². The first-order chi connectivity index (χ1) is 9.49. The minimum absolute atomic E-state index is 0.0418. The highest BCUT2D eigenvalue weighted by Gasteiger charge is 2.13. The molecular formula is C14H20N4OS. The van der Waals surface area contributed by atoms with Crippen LogP contribution in [0.5, 0.6) is 0 Å². The van der Waals surface area contributed by atoms with Gasteiger partial charge in [-0.2, -0.15) is 0 Å². The fraction of sp³-hybridized carbons (Fsp3) is 0.429.